The van der Waals surface area contributed by atoms with Gasteiger partial charge in [0.1, 0.15) is 11.6 Å². The molecule has 1 saturated carbocycles. The molecular formula is C26H21ClFN5O3. The molecule has 0 spiro atoms. The van der Waals surface area contributed by atoms with E-state index in [1.165, 1.54) is 23.2 Å². The first-order valence-electron chi connectivity index (χ1n) is 11.5. The number of hydrogen-bond donors (Lipinski definition) is 2. The van der Waals surface area contributed by atoms with E-state index in [1.807, 2.05) is 28.8 Å². The molecule has 1 saturated heterocycles. The molecule has 8 nitrogen and oxygen atoms in total. The Morgan fingerprint density at radius 2 is 1.92 bits per heavy atom. The molecule has 2 aliphatic rings. The molecule has 2 amide bonds. The highest BCUT2D eigenvalue weighted by Gasteiger charge is 2.60. The number of piperidine rings is 1. The molecule has 182 valence electrons. The number of pyridine rings is 1. The lowest BCUT2D eigenvalue weighted by Crippen LogP contribution is -2.32. The number of carbonyl (C=O) groups is 2. The first-order valence-corrected chi connectivity index (χ1v) is 11.9. The van der Waals surface area contributed by atoms with Crippen LogP contribution >= 0.6 is 11.6 Å². The number of nitrogens with one attached hydrogen (secondary N) is 1. The summed E-state index contributed by atoms with van der Waals surface area (Å²) in [5.74, 6) is -0.130. The van der Waals surface area contributed by atoms with Crippen molar-refractivity contribution in [2.45, 2.75) is 6.54 Å². The predicted molar refractivity (Wildman–Crippen MR) is 132 cm³/mol. The Balaban J connectivity index is 1.23. The molecule has 0 radical (unpaired) electrons. The smallest absolute Gasteiger partial charge is 0.407 e. The summed E-state index contributed by atoms with van der Waals surface area (Å²) in [4.78, 5) is 34.0. The van der Waals surface area contributed by atoms with Gasteiger partial charge in [0.15, 0.2) is 0 Å². The largest absolute Gasteiger partial charge is 0.465 e. The molecule has 36 heavy (non-hydrogen) atoms. The van der Waals surface area contributed by atoms with Gasteiger partial charge in [-0.2, -0.15) is 0 Å². The van der Waals surface area contributed by atoms with Crippen LogP contribution in [-0.2, 0) is 11.3 Å². The summed E-state index contributed by atoms with van der Waals surface area (Å²) >= 11 is 6.48. The van der Waals surface area contributed by atoms with Crippen LogP contribution in [0.25, 0.3) is 22.2 Å². The van der Waals surface area contributed by atoms with Crippen LogP contribution in [0.2, 0.25) is 5.02 Å². The number of imidazole rings is 1. The van der Waals surface area contributed by atoms with Crippen LogP contribution in [-0.4, -0.2) is 49.6 Å². The number of likely N-dealkylation sites (tertiary alicyclic amines) is 1. The SMILES string of the molecule is O=C(Nc1cc(-c2ccc3ncn(Cc4cccc(F)c4)c3c2)c(Cl)cn1)[C@H]1[C@@H]2CN(C(=O)O)C[C@@H]21. The molecule has 2 N–H and O–H groups in total. The maximum absolute atomic E-state index is 13.6. The number of hydrogen-bond acceptors (Lipinski definition) is 4. The van der Waals surface area contributed by atoms with Gasteiger partial charge < -0.3 is 19.9 Å². The van der Waals surface area contributed by atoms with Crippen molar-refractivity contribution in [3.05, 3.63) is 77.5 Å². The summed E-state index contributed by atoms with van der Waals surface area (Å²) in [7, 11) is 0. The second-order valence-corrected chi connectivity index (χ2v) is 9.69. The fourth-order valence-electron chi connectivity index (χ4n) is 5.19. The second-order valence-electron chi connectivity index (χ2n) is 9.29. The average Bonchev–Trinajstić information content (AvgIpc) is 3.15. The molecule has 2 aromatic carbocycles. The van der Waals surface area contributed by atoms with Gasteiger partial charge in [-0.1, -0.05) is 29.8 Å². The van der Waals surface area contributed by atoms with Crippen molar-refractivity contribution in [3.8, 4) is 11.1 Å². The van der Waals surface area contributed by atoms with Crippen molar-refractivity contribution >= 4 is 40.5 Å². The van der Waals surface area contributed by atoms with E-state index >= 15 is 0 Å². The quantitative estimate of drug-likeness (QED) is 0.408. The summed E-state index contributed by atoms with van der Waals surface area (Å²) in [6.07, 6.45) is 2.28. The highest BCUT2D eigenvalue weighted by atomic mass is 35.5. The Morgan fingerprint density at radius 1 is 1.11 bits per heavy atom. The Hall–Kier alpha value is -3.98. The van der Waals surface area contributed by atoms with E-state index in [-0.39, 0.29) is 29.5 Å². The Labute approximate surface area is 210 Å². The average molecular weight is 506 g/mol. The van der Waals surface area contributed by atoms with E-state index in [9.17, 15) is 14.0 Å². The van der Waals surface area contributed by atoms with Gasteiger partial charge in [-0.15, -0.1) is 0 Å². The van der Waals surface area contributed by atoms with Crippen molar-refractivity contribution in [2.24, 2.45) is 17.8 Å². The normalized spacial score (nSPS) is 20.4. The van der Waals surface area contributed by atoms with Crippen LogP contribution in [0.4, 0.5) is 15.0 Å². The molecule has 2 fully saturated rings. The summed E-state index contributed by atoms with van der Waals surface area (Å²) in [6, 6.07) is 13.9. The van der Waals surface area contributed by atoms with Crippen LogP contribution in [0.15, 0.2) is 61.1 Å². The molecule has 4 aromatic rings. The monoisotopic (exact) mass is 505 g/mol. The Kier molecular flexibility index (Phi) is 5.37. The summed E-state index contributed by atoms with van der Waals surface area (Å²) in [6.45, 7) is 1.24. The number of halogens is 2. The van der Waals surface area contributed by atoms with Gasteiger partial charge in [0.05, 0.1) is 22.4 Å². The second kappa shape index (κ2) is 8.60. The molecule has 6 rings (SSSR count). The van der Waals surface area contributed by atoms with E-state index in [0.29, 0.717) is 36.0 Å². The molecule has 2 aromatic heterocycles. The van der Waals surface area contributed by atoms with E-state index in [2.05, 4.69) is 15.3 Å². The first kappa shape index (κ1) is 22.5. The number of nitrogens with zero attached hydrogens (tertiary/aromatic N) is 4. The van der Waals surface area contributed by atoms with Gasteiger partial charge >= 0.3 is 6.09 Å². The van der Waals surface area contributed by atoms with Crippen LogP contribution in [0.5, 0.6) is 0 Å². The zero-order valence-corrected chi connectivity index (χ0v) is 19.7. The summed E-state index contributed by atoms with van der Waals surface area (Å²) < 4.78 is 15.6. The van der Waals surface area contributed by atoms with Crippen molar-refractivity contribution < 1.29 is 19.1 Å². The van der Waals surface area contributed by atoms with Crippen molar-refractivity contribution in [1.29, 1.82) is 0 Å². The van der Waals surface area contributed by atoms with Gasteiger partial charge in [0.2, 0.25) is 5.91 Å². The highest BCUT2D eigenvalue weighted by Crippen LogP contribution is 2.52. The third-order valence-electron chi connectivity index (χ3n) is 7.05. The third kappa shape index (κ3) is 4.05. The van der Waals surface area contributed by atoms with Crippen LogP contribution < -0.4 is 5.32 Å². The lowest BCUT2D eigenvalue weighted by molar-refractivity contribution is -0.118. The summed E-state index contributed by atoms with van der Waals surface area (Å²) in [5, 5.41) is 12.4. The lowest BCUT2D eigenvalue weighted by Gasteiger charge is -2.15. The van der Waals surface area contributed by atoms with Gasteiger partial charge in [0, 0.05) is 37.3 Å². The molecule has 1 aliphatic heterocycles. The standard InChI is InChI=1S/C26H21ClFN5O3/c27-20-9-29-23(31-25(34)24-18-11-32(26(35)36)12-19(18)24)8-17(20)15-4-5-21-22(7-15)33(13-30-21)10-14-2-1-3-16(28)6-14/h1-9,13,18-19,24H,10-12H2,(H,35,36)(H,29,31,34)/t18-,19+,24+. The van der Waals surface area contributed by atoms with Gasteiger partial charge in [-0.25, -0.2) is 19.2 Å². The fraction of sp³-hybridized carbons (Fsp3) is 0.231. The molecule has 0 unspecified atom stereocenters. The Bertz CT molecular complexity index is 1510. The topological polar surface area (TPSA) is 100 Å². The van der Waals surface area contributed by atoms with E-state index in [1.54, 1.807) is 18.5 Å². The number of carboxylic acid groups (broad SMARTS) is 1. The van der Waals surface area contributed by atoms with Crippen molar-refractivity contribution in [3.63, 3.8) is 0 Å². The first-order chi connectivity index (χ1) is 17.4. The fourth-order valence-corrected chi connectivity index (χ4v) is 5.40. The molecule has 3 heterocycles. The van der Waals surface area contributed by atoms with Gasteiger partial charge in [-0.05, 0) is 53.3 Å². The maximum Gasteiger partial charge on any atom is 0.407 e. The van der Waals surface area contributed by atoms with Gasteiger partial charge in [-0.3, -0.25) is 4.79 Å². The molecule has 3 atom stereocenters. The van der Waals surface area contributed by atoms with Crippen molar-refractivity contribution in [2.75, 3.05) is 18.4 Å². The van der Waals surface area contributed by atoms with E-state index in [4.69, 9.17) is 16.7 Å². The predicted octanol–water partition coefficient (Wildman–Crippen LogP) is 4.73. The molecule has 1 aliphatic carbocycles. The zero-order chi connectivity index (χ0) is 25.0. The molecule has 0 bridgehead atoms. The minimum atomic E-state index is -0.945. The number of anilines is 1. The van der Waals surface area contributed by atoms with E-state index < -0.39 is 6.09 Å². The Morgan fingerprint density at radius 3 is 2.67 bits per heavy atom. The van der Waals surface area contributed by atoms with E-state index in [0.717, 1.165) is 22.2 Å². The van der Waals surface area contributed by atoms with Crippen molar-refractivity contribution in [1.82, 2.24) is 19.4 Å². The third-order valence-corrected chi connectivity index (χ3v) is 7.35. The number of fused-ring (bicyclic) bond motifs is 2. The van der Waals surface area contributed by atoms with Crippen LogP contribution in [0.1, 0.15) is 5.56 Å². The number of rotatable bonds is 5. The minimum absolute atomic E-state index is 0.0636. The minimum Gasteiger partial charge on any atom is -0.465 e. The summed E-state index contributed by atoms with van der Waals surface area (Å²) in [5.41, 5.74) is 4.01. The highest BCUT2D eigenvalue weighted by molar-refractivity contribution is 6.33. The molecular weight excluding hydrogens is 485 g/mol. The number of benzene rings is 2. The lowest BCUT2D eigenvalue weighted by atomic mass is 10.1. The molecule has 10 heteroatoms. The van der Waals surface area contributed by atoms with Crippen LogP contribution in [0, 0.1) is 23.6 Å². The number of aromatic nitrogens is 3. The number of amides is 2. The van der Waals surface area contributed by atoms with Crippen LogP contribution in [0.3, 0.4) is 0 Å². The maximum atomic E-state index is 13.6. The van der Waals surface area contributed by atoms with Gasteiger partial charge in [0.25, 0.3) is 0 Å². The number of carbonyl (C=O) groups excluding carboxylic acids is 1. The zero-order valence-electron chi connectivity index (χ0n) is 18.9.